The number of benzene rings is 3. The normalized spacial score (nSPS) is 12.0. The van der Waals surface area contributed by atoms with Gasteiger partial charge in [-0.05, 0) is 61.0 Å². The lowest BCUT2D eigenvalue weighted by Gasteiger charge is -2.15. The number of aromatic hydroxyl groups is 1. The summed E-state index contributed by atoms with van der Waals surface area (Å²) in [6.07, 6.45) is 0. The van der Waals surface area contributed by atoms with E-state index in [4.69, 9.17) is 4.74 Å². The lowest BCUT2D eigenvalue weighted by Crippen LogP contribution is -2.05. The molecule has 3 aromatic carbocycles. The lowest BCUT2D eigenvalue weighted by molar-refractivity contribution is 0.221. The van der Waals surface area contributed by atoms with Crippen LogP contribution < -0.4 is 5.32 Å². The second-order valence-corrected chi connectivity index (χ2v) is 8.45. The molecule has 158 valence electrons. The van der Waals surface area contributed by atoms with Crippen LogP contribution in [-0.4, -0.2) is 31.9 Å². The Balaban J connectivity index is 2.30. The number of hydrogen-bond acceptors (Lipinski definition) is 7. The molecule has 0 unspecified atom stereocenters. The first-order chi connectivity index (χ1) is 14.1. The smallest absolute Gasteiger partial charge is 0.296 e. The quantitative estimate of drug-likeness (QED) is 0.283. The van der Waals surface area contributed by atoms with Gasteiger partial charge in [0.25, 0.3) is 10.1 Å². The van der Waals surface area contributed by atoms with Gasteiger partial charge in [0.2, 0.25) is 0 Å². The van der Waals surface area contributed by atoms with Gasteiger partial charge in [-0.2, -0.15) is 13.5 Å². The largest absolute Gasteiger partial charge is 0.505 e. The van der Waals surface area contributed by atoms with E-state index in [1.54, 1.807) is 18.2 Å². The number of fused-ring (bicyclic) bond motifs is 1. The maximum absolute atomic E-state index is 12.0. The van der Waals surface area contributed by atoms with Crippen LogP contribution in [0, 0.1) is 20.8 Å². The third-order valence-corrected chi connectivity index (χ3v) is 5.47. The minimum absolute atomic E-state index is 0.178. The molecular weight excluding hydrogens is 406 g/mol. The van der Waals surface area contributed by atoms with E-state index in [0.29, 0.717) is 22.1 Å². The molecule has 9 heteroatoms. The van der Waals surface area contributed by atoms with Crippen LogP contribution >= 0.6 is 0 Å². The van der Waals surface area contributed by atoms with Gasteiger partial charge in [0.05, 0.1) is 5.69 Å². The van der Waals surface area contributed by atoms with Gasteiger partial charge < -0.3 is 15.2 Å². The van der Waals surface area contributed by atoms with Gasteiger partial charge in [-0.1, -0.05) is 18.2 Å². The number of aryl methyl sites for hydroxylation is 3. The lowest BCUT2D eigenvalue weighted by atomic mass is 10.0. The molecule has 0 spiro atoms. The number of phenols is 1. The molecule has 0 aliphatic heterocycles. The molecule has 3 aromatic rings. The van der Waals surface area contributed by atoms with Crippen LogP contribution in [0.3, 0.4) is 0 Å². The number of nitrogens with zero attached hydrogens (tertiary/aromatic N) is 2. The predicted molar refractivity (Wildman–Crippen MR) is 116 cm³/mol. The van der Waals surface area contributed by atoms with Gasteiger partial charge in [-0.3, -0.25) is 4.55 Å². The predicted octanol–water partition coefficient (Wildman–Crippen LogP) is 5.15. The molecule has 0 saturated carbocycles. The maximum atomic E-state index is 12.0. The van der Waals surface area contributed by atoms with Crippen molar-refractivity contribution in [3.8, 4) is 5.75 Å². The topological polar surface area (TPSA) is 121 Å². The highest BCUT2D eigenvalue weighted by molar-refractivity contribution is 7.86. The minimum Gasteiger partial charge on any atom is -0.505 e. The summed E-state index contributed by atoms with van der Waals surface area (Å²) in [5.74, 6) is -0.409. The van der Waals surface area contributed by atoms with E-state index >= 15 is 0 Å². The SMILES string of the molecule is COCNc1cc(C)cc2cc(S(=O)(=O)O)c(N=Nc3cc(C)ccc3C)c(O)c12. The molecule has 0 aliphatic rings. The third-order valence-electron chi connectivity index (χ3n) is 4.60. The van der Waals surface area contributed by atoms with Gasteiger partial charge in [0.15, 0.2) is 5.75 Å². The first-order valence-electron chi connectivity index (χ1n) is 9.11. The van der Waals surface area contributed by atoms with Crippen LogP contribution in [-0.2, 0) is 14.9 Å². The summed E-state index contributed by atoms with van der Waals surface area (Å²) in [6.45, 7) is 5.74. The van der Waals surface area contributed by atoms with E-state index < -0.39 is 20.8 Å². The van der Waals surface area contributed by atoms with E-state index in [-0.39, 0.29) is 12.4 Å². The monoisotopic (exact) mass is 429 g/mol. The Morgan fingerprint density at radius 1 is 1.03 bits per heavy atom. The number of azo groups is 1. The Labute approximate surface area is 175 Å². The molecule has 0 radical (unpaired) electrons. The minimum atomic E-state index is -4.67. The van der Waals surface area contributed by atoms with Crippen LogP contribution in [0.2, 0.25) is 0 Å². The van der Waals surface area contributed by atoms with E-state index in [1.807, 2.05) is 32.9 Å². The zero-order valence-electron chi connectivity index (χ0n) is 17.1. The van der Waals surface area contributed by atoms with Crippen LogP contribution in [0.15, 0.2) is 51.5 Å². The molecule has 0 aromatic heterocycles. The fourth-order valence-corrected chi connectivity index (χ4v) is 3.81. The number of methoxy groups -OCH3 is 1. The summed E-state index contributed by atoms with van der Waals surface area (Å²) in [5.41, 5.74) is 3.33. The number of hydrogen-bond donors (Lipinski definition) is 3. The Morgan fingerprint density at radius 3 is 2.43 bits per heavy atom. The second-order valence-electron chi connectivity index (χ2n) is 7.06. The zero-order chi connectivity index (χ0) is 22.1. The van der Waals surface area contributed by atoms with Gasteiger partial charge in [0.1, 0.15) is 17.3 Å². The average molecular weight is 429 g/mol. The van der Waals surface area contributed by atoms with Crippen molar-refractivity contribution in [2.45, 2.75) is 25.7 Å². The molecule has 0 fully saturated rings. The number of rotatable bonds is 6. The summed E-state index contributed by atoms with van der Waals surface area (Å²) < 4.78 is 38.9. The number of nitrogens with one attached hydrogen (secondary N) is 1. The average Bonchev–Trinajstić information content (AvgIpc) is 2.66. The highest BCUT2D eigenvalue weighted by Crippen LogP contribution is 2.44. The van der Waals surface area contributed by atoms with E-state index in [1.165, 1.54) is 13.2 Å². The Kier molecular flexibility index (Phi) is 6.06. The molecule has 0 amide bonds. The van der Waals surface area contributed by atoms with Crippen molar-refractivity contribution in [2.75, 3.05) is 19.2 Å². The van der Waals surface area contributed by atoms with Crippen LogP contribution in [0.5, 0.6) is 5.75 Å². The summed E-state index contributed by atoms with van der Waals surface area (Å²) in [7, 11) is -3.15. The molecule has 0 aliphatic carbocycles. The van der Waals surface area contributed by atoms with Crippen molar-refractivity contribution in [2.24, 2.45) is 10.2 Å². The number of phenolic OH excluding ortho intramolecular Hbond substituents is 1. The fourth-order valence-electron chi connectivity index (χ4n) is 3.15. The molecule has 30 heavy (non-hydrogen) atoms. The second kappa shape index (κ2) is 8.39. The number of anilines is 1. The molecule has 0 heterocycles. The molecule has 3 N–H and O–H groups in total. The first-order valence-corrected chi connectivity index (χ1v) is 10.6. The summed E-state index contributed by atoms with van der Waals surface area (Å²) in [5, 5.41) is 22.9. The van der Waals surface area contributed by atoms with Gasteiger partial charge in [-0.15, -0.1) is 5.11 Å². The van der Waals surface area contributed by atoms with E-state index in [9.17, 15) is 18.1 Å². The van der Waals surface area contributed by atoms with Crippen LogP contribution in [0.4, 0.5) is 17.1 Å². The summed E-state index contributed by atoms with van der Waals surface area (Å²) in [6, 6.07) is 10.3. The van der Waals surface area contributed by atoms with E-state index in [2.05, 4.69) is 15.5 Å². The van der Waals surface area contributed by atoms with Crippen molar-refractivity contribution in [1.29, 1.82) is 0 Å². The summed E-state index contributed by atoms with van der Waals surface area (Å²) >= 11 is 0. The highest BCUT2D eigenvalue weighted by atomic mass is 32.2. The fraction of sp³-hybridized carbons (Fsp3) is 0.238. The zero-order valence-corrected chi connectivity index (χ0v) is 17.9. The molecule has 8 nitrogen and oxygen atoms in total. The third kappa shape index (κ3) is 4.43. The summed E-state index contributed by atoms with van der Waals surface area (Å²) in [4.78, 5) is -0.523. The van der Waals surface area contributed by atoms with Crippen molar-refractivity contribution >= 4 is 38.0 Å². The molecule has 0 saturated heterocycles. The Bertz CT molecular complexity index is 1250. The number of ether oxygens (including phenoxy) is 1. The first kappa shape index (κ1) is 21.7. The van der Waals surface area contributed by atoms with Gasteiger partial charge in [-0.25, -0.2) is 0 Å². The molecule has 0 bridgehead atoms. The van der Waals surface area contributed by atoms with E-state index in [0.717, 1.165) is 16.7 Å². The van der Waals surface area contributed by atoms with Crippen molar-refractivity contribution in [3.05, 3.63) is 53.1 Å². The Hall–Kier alpha value is -3.01. The highest BCUT2D eigenvalue weighted by Gasteiger charge is 2.23. The van der Waals surface area contributed by atoms with Gasteiger partial charge in [0, 0.05) is 18.2 Å². The molecule has 3 rings (SSSR count). The van der Waals surface area contributed by atoms with Crippen LogP contribution in [0.25, 0.3) is 10.8 Å². The van der Waals surface area contributed by atoms with Crippen molar-refractivity contribution in [3.63, 3.8) is 0 Å². The standard InChI is InChI=1S/C21H23N3O5S/c1-12-5-6-14(3)16(8-12)23-24-20-18(30(26,27)28)10-15-7-13(2)9-17(22-11-29-4)19(15)21(20)25/h5-10,22,25H,11H2,1-4H3,(H,26,27,28). The van der Waals surface area contributed by atoms with Crippen LogP contribution in [0.1, 0.15) is 16.7 Å². The Morgan fingerprint density at radius 2 is 1.77 bits per heavy atom. The molecule has 0 atom stereocenters. The van der Waals surface area contributed by atoms with Crippen molar-refractivity contribution in [1.82, 2.24) is 0 Å². The maximum Gasteiger partial charge on any atom is 0.296 e. The molecular formula is C21H23N3O5S. The van der Waals surface area contributed by atoms with Crippen molar-refractivity contribution < 1.29 is 22.8 Å². The van der Waals surface area contributed by atoms with Gasteiger partial charge >= 0.3 is 0 Å².